The van der Waals surface area contributed by atoms with Gasteiger partial charge in [0, 0.05) is 5.69 Å². The Balaban J connectivity index is 2.16. The Morgan fingerprint density at radius 3 is 2.13 bits per heavy atom. The number of hydrogen-bond donors (Lipinski definition) is 1. The quantitative estimate of drug-likeness (QED) is 0.407. The molecule has 1 atom stereocenters. The fourth-order valence-corrected chi connectivity index (χ4v) is 5.48. The Hall–Kier alpha value is -2.60. The second-order valence-corrected chi connectivity index (χ2v) is 9.66. The summed E-state index contributed by atoms with van der Waals surface area (Å²) in [5, 5.41) is 3.57. The predicted octanol–water partition coefficient (Wildman–Crippen LogP) is 5.96. The first-order valence-corrected chi connectivity index (χ1v) is 11.7. The Bertz CT molecular complexity index is 1110. The molecule has 0 spiro atoms. The average Bonchev–Trinajstić information content (AvgIpc) is 2.72. The highest BCUT2D eigenvalue weighted by molar-refractivity contribution is 7.54. The third kappa shape index (κ3) is 5.37. The van der Waals surface area contributed by atoms with Crippen molar-refractivity contribution < 1.29 is 22.8 Å². The molecule has 0 saturated heterocycles. The van der Waals surface area contributed by atoms with E-state index in [1.54, 1.807) is 83.3 Å². The number of hydrogen-bond acceptors (Lipinski definition) is 7. The van der Waals surface area contributed by atoms with Gasteiger partial charge >= 0.3 is 7.60 Å². The molecule has 2 aromatic carbocycles. The summed E-state index contributed by atoms with van der Waals surface area (Å²) in [6.07, 6.45) is 0.542. The van der Waals surface area contributed by atoms with Crippen molar-refractivity contribution in [3.8, 4) is 5.75 Å². The highest BCUT2D eigenvalue weighted by atomic mass is 31.2. The first-order valence-electron chi connectivity index (χ1n) is 10.1. The smallest absolute Gasteiger partial charge is 0.358 e. The van der Waals surface area contributed by atoms with Gasteiger partial charge in [-0.15, -0.1) is 0 Å². The number of benzene rings is 2. The molecule has 0 saturated carbocycles. The number of ether oxygens (including phenoxy) is 1. The van der Waals surface area contributed by atoms with Crippen molar-refractivity contribution in [2.45, 2.75) is 45.7 Å². The van der Waals surface area contributed by atoms with Crippen molar-refractivity contribution in [1.82, 2.24) is 0 Å². The fourth-order valence-electron chi connectivity index (χ4n) is 3.19. The molecule has 7 nitrogen and oxygen atoms in total. The van der Waals surface area contributed by atoms with Crippen LogP contribution in [0.25, 0.3) is 11.0 Å². The molecule has 0 aliphatic heterocycles. The minimum atomic E-state index is -3.86. The molecular weight excluding hydrogens is 417 g/mol. The van der Waals surface area contributed by atoms with Crippen LogP contribution in [0, 0.1) is 0 Å². The molecule has 1 N–H and O–H groups in total. The van der Waals surface area contributed by atoms with Gasteiger partial charge in [0.1, 0.15) is 17.6 Å². The van der Waals surface area contributed by atoms with Gasteiger partial charge in [-0.25, -0.2) is 0 Å². The van der Waals surface area contributed by atoms with Crippen LogP contribution in [0.1, 0.15) is 39.0 Å². The largest absolute Gasteiger partial charge is 0.497 e. The monoisotopic (exact) mass is 445 g/mol. The van der Waals surface area contributed by atoms with Gasteiger partial charge < -0.3 is 23.5 Å². The summed E-state index contributed by atoms with van der Waals surface area (Å²) in [7, 11) is -2.28. The van der Waals surface area contributed by atoms with Crippen LogP contribution in [0.4, 0.5) is 5.69 Å². The molecule has 1 heterocycles. The van der Waals surface area contributed by atoms with Crippen molar-refractivity contribution in [2.24, 2.45) is 0 Å². The molecular formula is C23H28NO6P. The number of nitrogens with one attached hydrogen (secondary N) is 1. The van der Waals surface area contributed by atoms with Crippen LogP contribution in [0.5, 0.6) is 5.75 Å². The maximum atomic E-state index is 14.0. The van der Waals surface area contributed by atoms with Gasteiger partial charge in [0.15, 0.2) is 11.2 Å². The third-order valence-electron chi connectivity index (χ3n) is 4.43. The lowest BCUT2D eigenvalue weighted by atomic mass is 10.1. The highest BCUT2D eigenvalue weighted by Gasteiger charge is 2.41. The Labute approximate surface area is 181 Å². The minimum Gasteiger partial charge on any atom is -0.497 e. The number of rotatable bonds is 9. The van der Waals surface area contributed by atoms with Crippen molar-refractivity contribution in [2.75, 3.05) is 12.4 Å². The summed E-state index contributed by atoms with van der Waals surface area (Å²) in [5.74, 6) is -0.404. The first kappa shape index (κ1) is 23.1. The second-order valence-electron chi connectivity index (χ2n) is 7.64. The predicted molar refractivity (Wildman–Crippen MR) is 122 cm³/mol. The lowest BCUT2D eigenvalue weighted by Crippen LogP contribution is -2.24. The van der Waals surface area contributed by atoms with E-state index in [9.17, 15) is 9.36 Å². The zero-order valence-electron chi connectivity index (χ0n) is 18.3. The van der Waals surface area contributed by atoms with Gasteiger partial charge in [-0.2, -0.15) is 0 Å². The molecule has 3 rings (SSSR count). The molecule has 3 aromatic rings. The van der Waals surface area contributed by atoms with Gasteiger partial charge in [-0.3, -0.25) is 9.36 Å². The van der Waals surface area contributed by atoms with Crippen molar-refractivity contribution in [3.05, 3.63) is 70.6 Å². The van der Waals surface area contributed by atoms with E-state index in [1.807, 2.05) is 0 Å². The Morgan fingerprint density at radius 2 is 1.55 bits per heavy atom. The zero-order valence-corrected chi connectivity index (χ0v) is 19.2. The minimum absolute atomic E-state index is 0.166. The molecule has 1 aromatic heterocycles. The Morgan fingerprint density at radius 1 is 0.935 bits per heavy atom. The van der Waals surface area contributed by atoms with Crippen LogP contribution >= 0.6 is 7.60 Å². The molecule has 0 amide bonds. The highest BCUT2D eigenvalue weighted by Crippen LogP contribution is 2.62. The maximum absolute atomic E-state index is 14.0. The second kappa shape index (κ2) is 9.69. The van der Waals surface area contributed by atoms with Gasteiger partial charge in [0.2, 0.25) is 0 Å². The number of methoxy groups -OCH3 is 1. The van der Waals surface area contributed by atoms with E-state index in [2.05, 4.69) is 5.32 Å². The maximum Gasteiger partial charge on any atom is 0.358 e. The molecule has 31 heavy (non-hydrogen) atoms. The SMILES string of the molecule is COc1ccc(NC(c2coc3ccccc3c2=O)P(=O)(OC(C)C)OC(C)C)cc1. The van der Waals surface area contributed by atoms with E-state index in [0.717, 1.165) is 0 Å². The summed E-state index contributed by atoms with van der Waals surface area (Å²) in [5.41, 5.74) is 0.939. The van der Waals surface area contributed by atoms with E-state index in [1.165, 1.54) is 6.26 Å². The summed E-state index contributed by atoms with van der Waals surface area (Å²) < 4.78 is 36.6. The average molecular weight is 445 g/mol. The molecule has 0 bridgehead atoms. The summed E-state index contributed by atoms with van der Waals surface area (Å²) in [4.78, 5) is 13.3. The first-order chi connectivity index (χ1) is 14.7. The molecule has 8 heteroatoms. The molecule has 0 aliphatic rings. The zero-order chi connectivity index (χ0) is 22.6. The van der Waals surface area contributed by atoms with E-state index in [-0.39, 0.29) is 11.0 Å². The molecule has 0 aliphatic carbocycles. The van der Waals surface area contributed by atoms with E-state index in [4.69, 9.17) is 18.2 Å². The Kier molecular flexibility index (Phi) is 7.21. The van der Waals surface area contributed by atoms with Gasteiger partial charge in [-0.05, 0) is 64.1 Å². The van der Waals surface area contributed by atoms with Crippen molar-refractivity contribution >= 4 is 24.3 Å². The fraction of sp³-hybridized carbons (Fsp3) is 0.348. The van der Waals surface area contributed by atoms with E-state index in [0.29, 0.717) is 22.4 Å². The van der Waals surface area contributed by atoms with Crippen LogP contribution < -0.4 is 15.5 Å². The van der Waals surface area contributed by atoms with Crippen LogP contribution in [0.15, 0.2) is 64.0 Å². The topological polar surface area (TPSA) is 87.0 Å². The van der Waals surface area contributed by atoms with Crippen LogP contribution in [-0.4, -0.2) is 19.3 Å². The van der Waals surface area contributed by atoms with E-state index >= 15 is 0 Å². The van der Waals surface area contributed by atoms with Crippen LogP contribution in [0.2, 0.25) is 0 Å². The lowest BCUT2D eigenvalue weighted by molar-refractivity contribution is 0.138. The van der Waals surface area contributed by atoms with Crippen LogP contribution in [0.3, 0.4) is 0 Å². The number of fused-ring (bicyclic) bond motifs is 1. The lowest BCUT2D eigenvalue weighted by Gasteiger charge is -2.30. The molecule has 0 radical (unpaired) electrons. The normalized spacial score (nSPS) is 13.0. The third-order valence-corrected chi connectivity index (χ3v) is 6.90. The van der Waals surface area contributed by atoms with Gasteiger partial charge in [0.05, 0.1) is 30.3 Å². The molecule has 1 unspecified atom stereocenters. The molecule has 166 valence electrons. The van der Waals surface area contributed by atoms with Crippen molar-refractivity contribution in [3.63, 3.8) is 0 Å². The van der Waals surface area contributed by atoms with E-state index < -0.39 is 25.6 Å². The van der Waals surface area contributed by atoms with Gasteiger partial charge in [-0.1, -0.05) is 12.1 Å². The molecule has 0 fully saturated rings. The summed E-state index contributed by atoms with van der Waals surface area (Å²) in [6.45, 7) is 7.07. The van der Waals surface area contributed by atoms with Crippen LogP contribution in [-0.2, 0) is 13.6 Å². The summed E-state index contributed by atoms with van der Waals surface area (Å²) >= 11 is 0. The van der Waals surface area contributed by atoms with Gasteiger partial charge in [0.25, 0.3) is 0 Å². The number of anilines is 1. The standard InChI is InChI=1S/C23H28NO6P/c1-15(2)29-31(26,30-16(3)4)23(24-17-10-12-18(27-5)13-11-17)20-14-28-21-9-7-6-8-19(21)22(20)25/h6-16,23-24H,1-5H3. The number of para-hydroxylation sites is 1. The summed E-state index contributed by atoms with van der Waals surface area (Å²) in [6, 6.07) is 14.0. The van der Waals surface area contributed by atoms with Crippen molar-refractivity contribution in [1.29, 1.82) is 0 Å².